The van der Waals surface area contributed by atoms with E-state index in [-0.39, 0.29) is 46.7 Å². The van der Waals surface area contributed by atoms with E-state index in [0.717, 1.165) is 38.9 Å². The molecule has 2 heterocycles. The Morgan fingerprint density at radius 2 is 0.755 bits per heavy atom. The van der Waals surface area contributed by atoms with Gasteiger partial charge in [0.25, 0.3) is 0 Å². The lowest BCUT2D eigenvalue weighted by molar-refractivity contribution is 0.669. The third-order valence-electron chi connectivity index (χ3n) is 8.57. The Morgan fingerprint density at radius 1 is 0.347 bits per heavy atom. The Kier molecular flexibility index (Phi) is 6.09. The third kappa shape index (κ3) is 5.56. The molecule has 9 rings (SSSR count). The first-order valence-corrected chi connectivity index (χ1v) is 16.0. The number of fused-ring (bicyclic) bond motifs is 3. The fourth-order valence-corrected chi connectivity index (χ4v) is 6.05. The monoisotopic (exact) mass is 631 g/mol. The lowest BCUT2D eigenvalue weighted by Gasteiger charge is -2.10. The average Bonchev–Trinajstić information content (AvgIpc) is 3.65. The first-order valence-electron chi connectivity index (χ1n) is 18.0. The highest BCUT2D eigenvalue weighted by molar-refractivity contribution is 6.06. The van der Waals surface area contributed by atoms with Crippen LogP contribution in [0.2, 0.25) is 0 Å². The number of aromatic nitrogens is 3. The molecule has 230 valence electrons. The summed E-state index contributed by atoms with van der Waals surface area (Å²) in [5, 5.41) is 0.649. The van der Waals surface area contributed by atoms with E-state index in [1.54, 1.807) is 12.1 Å². The number of hydrogen-bond acceptors (Lipinski definition) is 4. The zero-order valence-corrected chi connectivity index (χ0v) is 26.2. The maximum atomic E-state index is 9.38. The lowest BCUT2D eigenvalue weighted by Crippen LogP contribution is -2.00. The van der Waals surface area contributed by atoms with Gasteiger partial charge < -0.3 is 4.42 Å². The van der Waals surface area contributed by atoms with Crippen molar-refractivity contribution in [3.63, 3.8) is 0 Å². The highest BCUT2D eigenvalue weighted by Gasteiger charge is 2.16. The van der Waals surface area contributed by atoms with E-state index in [1.165, 1.54) is 0 Å². The summed E-state index contributed by atoms with van der Waals surface area (Å²) in [5.41, 5.74) is 7.63. The lowest BCUT2D eigenvalue weighted by atomic mass is 10.0. The molecule has 2 aromatic heterocycles. The highest BCUT2D eigenvalue weighted by Crippen LogP contribution is 2.35. The van der Waals surface area contributed by atoms with E-state index in [9.17, 15) is 1.37 Å². The molecular weight excluding hydrogens is 599 g/mol. The number of benzene rings is 7. The second-order valence-electron chi connectivity index (χ2n) is 11.7. The molecule has 4 heteroatoms. The molecular formula is C45H29N3O. The van der Waals surface area contributed by atoms with Gasteiger partial charge in [-0.25, -0.2) is 15.0 Å². The summed E-state index contributed by atoms with van der Waals surface area (Å²) in [5.74, 6) is 1.05. The van der Waals surface area contributed by atoms with Crippen molar-refractivity contribution in [3.8, 4) is 67.5 Å². The van der Waals surface area contributed by atoms with Gasteiger partial charge in [-0.05, 0) is 63.6 Å². The Labute approximate surface area is 289 Å². The predicted octanol–water partition coefficient (Wildman–Crippen LogP) is 11.8. The number of nitrogens with zero attached hydrogens (tertiary/aromatic N) is 3. The molecule has 0 aliphatic rings. The minimum Gasteiger partial charge on any atom is -0.456 e. The molecule has 9 aromatic rings. The van der Waals surface area contributed by atoms with E-state index < -0.39 is 0 Å². The smallest absolute Gasteiger partial charge is 0.164 e. The van der Waals surface area contributed by atoms with Crippen LogP contribution in [0.4, 0.5) is 0 Å². The van der Waals surface area contributed by atoms with Gasteiger partial charge in [0.1, 0.15) is 11.2 Å². The summed E-state index contributed by atoms with van der Waals surface area (Å²) in [6, 6.07) is 49.0. The zero-order chi connectivity index (χ0) is 36.1. The topological polar surface area (TPSA) is 51.8 Å². The predicted molar refractivity (Wildman–Crippen MR) is 200 cm³/mol. The molecule has 0 fully saturated rings. The minimum atomic E-state index is -0.0344. The van der Waals surface area contributed by atoms with Crippen molar-refractivity contribution < 1.29 is 9.90 Å². The Balaban J connectivity index is 1.23. The largest absolute Gasteiger partial charge is 0.456 e. The van der Waals surface area contributed by atoms with E-state index >= 15 is 0 Å². The summed E-state index contributed by atoms with van der Waals surface area (Å²) in [6.07, 6.45) is 0. The SMILES string of the molecule is [2H]c1c(-c2ccccc2)cc([2H])c2c1oc1c([2H])c(-c3nc(-c4ccc(-c5ccccc5)cc4)nc(-c4cccc(-c5ccccc5)c4)n3)cc([2H])c12. The van der Waals surface area contributed by atoms with Gasteiger partial charge in [-0.1, -0.05) is 146 Å². The van der Waals surface area contributed by atoms with Crippen LogP contribution in [0.5, 0.6) is 0 Å². The summed E-state index contributed by atoms with van der Waals surface area (Å²) in [6.45, 7) is 0. The maximum absolute atomic E-state index is 9.38. The van der Waals surface area contributed by atoms with Crippen LogP contribution in [0.25, 0.3) is 89.5 Å². The van der Waals surface area contributed by atoms with Crippen LogP contribution in [-0.2, 0) is 0 Å². The Bertz CT molecular complexity index is 2810. The fraction of sp³-hybridized carbons (Fsp3) is 0. The molecule has 0 saturated carbocycles. The Hall–Kier alpha value is -6.65. The maximum Gasteiger partial charge on any atom is 0.164 e. The van der Waals surface area contributed by atoms with Crippen molar-refractivity contribution in [2.24, 2.45) is 0 Å². The van der Waals surface area contributed by atoms with E-state index in [0.29, 0.717) is 28.0 Å². The molecule has 0 unspecified atom stereocenters. The molecule has 49 heavy (non-hydrogen) atoms. The van der Waals surface area contributed by atoms with Crippen LogP contribution in [0.15, 0.2) is 180 Å². The van der Waals surface area contributed by atoms with E-state index in [2.05, 4.69) is 24.3 Å². The fourth-order valence-electron chi connectivity index (χ4n) is 6.05. The van der Waals surface area contributed by atoms with Crippen LogP contribution >= 0.6 is 0 Å². The van der Waals surface area contributed by atoms with Crippen molar-refractivity contribution in [2.75, 3.05) is 0 Å². The molecule has 0 aliphatic carbocycles. The first kappa shape index (κ1) is 24.5. The molecule has 4 nitrogen and oxygen atoms in total. The summed E-state index contributed by atoms with van der Waals surface area (Å²) in [4.78, 5) is 14.7. The second-order valence-corrected chi connectivity index (χ2v) is 11.7. The number of furan rings is 1. The van der Waals surface area contributed by atoms with Crippen molar-refractivity contribution in [1.82, 2.24) is 15.0 Å². The minimum absolute atomic E-state index is 0.0344. The van der Waals surface area contributed by atoms with Gasteiger partial charge in [0.2, 0.25) is 0 Å². The zero-order valence-electron chi connectivity index (χ0n) is 30.2. The normalized spacial score (nSPS) is 12.4. The van der Waals surface area contributed by atoms with Crippen molar-refractivity contribution in [3.05, 3.63) is 176 Å². The molecule has 0 saturated heterocycles. The van der Waals surface area contributed by atoms with Crippen LogP contribution in [-0.4, -0.2) is 15.0 Å². The number of hydrogen-bond donors (Lipinski definition) is 0. The Morgan fingerprint density at radius 3 is 1.37 bits per heavy atom. The quantitative estimate of drug-likeness (QED) is 0.183. The van der Waals surface area contributed by atoms with Crippen molar-refractivity contribution in [1.29, 1.82) is 0 Å². The van der Waals surface area contributed by atoms with Crippen LogP contribution in [0.3, 0.4) is 0 Å². The summed E-state index contributed by atoms with van der Waals surface area (Å²) < 4.78 is 42.7. The molecule has 0 radical (unpaired) electrons. The van der Waals surface area contributed by atoms with Gasteiger partial charge >= 0.3 is 0 Å². The van der Waals surface area contributed by atoms with Crippen LogP contribution in [0.1, 0.15) is 5.48 Å². The molecule has 0 spiro atoms. The molecule has 0 amide bonds. The third-order valence-corrected chi connectivity index (χ3v) is 8.57. The molecule has 0 atom stereocenters. The van der Waals surface area contributed by atoms with Crippen molar-refractivity contribution in [2.45, 2.75) is 0 Å². The average molecular weight is 632 g/mol. The van der Waals surface area contributed by atoms with Gasteiger partial charge in [-0.3, -0.25) is 0 Å². The second kappa shape index (κ2) is 12.2. The molecule has 0 aliphatic heterocycles. The first-order chi connectivity index (χ1) is 25.9. The van der Waals surface area contributed by atoms with Gasteiger partial charge in [0.05, 0.1) is 5.48 Å². The number of rotatable bonds is 6. The van der Waals surface area contributed by atoms with E-state index in [4.69, 9.17) is 23.5 Å². The molecule has 0 bridgehead atoms. The van der Waals surface area contributed by atoms with Gasteiger partial charge in [-0.15, -0.1) is 0 Å². The molecule has 0 N–H and O–H groups in total. The summed E-state index contributed by atoms with van der Waals surface area (Å²) >= 11 is 0. The standard InChI is InChI=1S/C45H29N3O/c1-4-11-30(12-5-1)33-19-21-34(22-20-33)43-46-44(37-18-10-17-35(27-37)31-13-6-2-7-14-31)48-45(47-43)38-24-26-40-39-25-23-36(32-15-8-3-9-16-32)28-41(39)49-42(40)29-38/h1-29H/i25D,26D,28D,29D. The van der Waals surface area contributed by atoms with Gasteiger partial charge in [0, 0.05) is 27.5 Å². The van der Waals surface area contributed by atoms with Gasteiger partial charge in [-0.2, -0.15) is 0 Å². The summed E-state index contributed by atoms with van der Waals surface area (Å²) in [7, 11) is 0. The highest BCUT2D eigenvalue weighted by atomic mass is 16.3. The van der Waals surface area contributed by atoms with Crippen LogP contribution < -0.4 is 0 Å². The van der Waals surface area contributed by atoms with Crippen molar-refractivity contribution >= 4 is 21.9 Å². The van der Waals surface area contributed by atoms with E-state index in [1.807, 2.05) is 115 Å². The molecule has 7 aromatic carbocycles. The van der Waals surface area contributed by atoms with Crippen LogP contribution in [0, 0.1) is 0 Å². The van der Waals surface area contributed by atoms with Gasteiger partial charge in [0.15, 0.2) is 17.5 Å².